The van der Waals surface area contributed by atoms with Crippen LogP contribution in [0.4, 0.5) is 0 Å². The van der Waals surface area contributed by atoms with Gasteiger partial charge in [-0.25, -0.2) is 0 Å². The van der Waals surface area contributed by atoms with Crippen LogP contribution in [0.2, 0.25) is 0 Å². The summed E-state index contributed by atoms with van der Waals surface area (Å²) in [5.74, 6) is -0.152. The standard InChI is InChI=1S/C9H11N5OS/c1-5(7-3-10-11-4-7)12-9(15)8-6(2)13-14-16-8/h3-5H,1-2H3,(H,10,11)(H,12,15). The third kappa shape index (κ3) is 2.08. The topological polar surface area (TPSA) is 83.6 Å². The molecule has 84 valence electrons. The van der Waals surface area contributed by atoms with E-state index in [2.05, 4.69) is 25.1 Å². The van der Waals surface area contributed by atoms with Crippen molar-refractivity contribution in [3.05, 3.63) is 28.5 Å². The molecule has 0 saturated carbocycles. The fraction of sp³-hybridized carbons (Fsp3) is 0.333. The minimum Gasteiger partial charge on any atom is -0.345 e. The van der Waals surface area contributed by atoms with Gasteiger partial charge in [0.25, 0.3) is 5.91 Å². The van der Waals surface area contributed by atoms with Gasteiger partial charge < -0.3 is 5.32 Å². The molecule has 2 rings (SSSR count). The zero-order valence-electron chi connectivity index (χ0n) is 8.89. The number of rotatable bonds is 3. The van der Waals surface area contributed by atoms with E-state index < -0.39 is 0 Å². The van der Waals surface area contributed by atoms with E-state index in [4.69, 9.17) is 0 Å². The second kappa shape index (κ2) is 4.40. The molecule has 0 aliphatic carbocycles. The van der Waals surface area contributed by atoms with Crippen molar-refractivity contribution in [1.82, 2.24) is 25.1 Å². The molecule has 16 heavy (non-hydrogen) atoms. The molecule has 1 unspecified atom stereocenters. The highest BCUT2D eigenvalue weighted by Gasteiger charge is 2.16. The van der Waals surface area contributed by atoms with Gasteiger partial charge in [-0.2, -0.15) is 5.10 Å². The molecule has 0 radical (unpaired) electrons. The maximum absolute atomic E-state index is 11.8. The first-order valence-corrected chi connectivity index (χ1v) is 5.54. The molecule has 2 N–H and O–H groups in total. The van der Waals surface area contributed by atoms with Crippen LogP contribution in [0.3, 0.4) is 0 Å². The number of aromatic nitrogens is 4. The highest BCUT2D eigenvalue weighted by Crippen LogP contribution is 2.13. The number of nitrogens with one attached hydrogen (secondary N) is 2. The lowest BCUT2D eigenvalue weighted by Crippen LogP contribution is -2.26. The van der Waals surface area contributed by atoms with Crippen LogP contribution in [-0.2, 0) is 0 Å². The lowest BCUT2D eigenvalue weighted by molar-refractivity contribution is 0.0943. The largest absolute Gasteiger partial charge is 0.345 e. The van der Waals surface area contributed by atoms with Gasteiger partial charge >= 0.3 is 0 Å². The molecule has 2 aromatic rings. The molecule has 0 aromatic carbocycles. The molecule has 0 saturated heterocycles. The first-order valence-electron chi connectivity index (χ1n) is 4.77. The van der Waals surface area contributed by atoms with Crippen LogP contribution in [0.15, 0.2) is 12.4 Å². The van der Waals surface area contributed by atoms with Crippen molar-refractivity contribution in [2.24, 2.45) is 0 Å². The average Bonchev–Trinajstić information content (AvgIpc) is 2.86. The molecule has 1 amide bonds. The van der Waals surface area contributed by atoms with Crippen LogP contribution in [-0.4, -0.2) is 25.7 Å². The van der Waals surface area contributed by atoms with Crippen LogP contribution in [0.1, 0.15) is 33.9 Å². The lowest BCUT2D eigenvalue weighted by atomic mass is 10.2. The van der Waals surface area contributed by atoms with E-state index in [1.165, 1.54) is 0 Å². The Labute approximate surface area is 96.2 Å². The fourth-order valence-corrected chi connectivity index (χ4v) is 1.84. The number of nitrogens with zero attached hydrogens (tertiary/aromatic N) is 3. The fourth-order valence-electron chi connectivity index (χ4n) is 1.28. The molecule has 1 atom stereocenters. The van der Waals surface area contributed by atoms with Crippen molar-refractivity contribution in [3.8, 4) is 0 Å². The molecule has 0 aliphatic heterocycles. The van der Waals surface area contributed by atoms with Gasteiger partial charge in [-0.1, -0.05) is 4.49 Å². The van der Waals surface area contributed by atoms with Crippen LogP contribution in [0, 0.1) is 6.92 Å². The maximum atomic E-state index is 11.8. The lowest BCUT2D eigenvalue weighted by Gasteiger charge is -2.10. The SMILES string of the molecule is Cc1nnsc1C(=O)NC(C)c1cn[nH]c1. The Kier molecular flexibility index (Phi) is 2.95. The number of H-pyrrole nitrogens is 1. The van der Waals surface area contributed by atoms with Crippen LogP contribution < -0.4 is 5.32 Å². The Balaban J connectivity index is 2.06. The molecule has 7 heteroatoms. The molecule has 0 spiro atoms. The molecular formula is C9H11N5OS. The number of aromatic amines is 1. The summed E-state index contributed by atoms with van der Waals surface area (Å²) in [6.07, 6.45) is 3.44. The summed E-state index contributed by atoms with van der Waals surface area (Å²) in [6, 6.07) is -0.0900. The monoisotopic (exact) mass is 237 g/mol. The third-order valence-corrected chi connectivity index (χ3v) is 3.05. The van der Waals surface area contributed by atoms with E-state index in [-0.39, 0.29) is 11.9 Å². The molecule has 2 aromatic heterocycles. The van der Waals surface area contributed by atoms with Crippen molar-refractivity contribution in [1.29, 1.82) is 0 Å². The van der Waals surface area contributed by atoms with Crippen molar-refractivity contribution in [2.45, 2.75) is 19.9 Å². The zero-order chi connectivity index (χ0) is 11.5. The Bertz CT molecular complexity index is 478. The van der Waals surface area contributed by atoms with Gasteiger partial charge in [-0.15, -0.1) is 5.10 Å². The summed E-state index contributed by atoms with van der Waals surface area (Å²) in [7, 11) is 0. The summed E-state index contributed by atoms with van der Waals surface area (Å²) in [6.45, 7) is 3.66. The van der Waals surface area contributed by atoms with E-state index in [0.29, 0.717) is 10.6 Å². The van der Waals surface area contributed by atoms with Gasteiger partial charge in [0.15, 0.2) is 0 Å². The highest BCUT2D eigenvalue weighted by atomic mass is 32.1. The van der Waals surface area contributed by atoms with E-state index in [0.717, 1.165) is 17.1 Å². The first kappa shape index (κ1) is 10.7. The Hall–Kier alpha value is -1.76. The Morgan fingerprint density at radius 3 is 3.00 bits per heavy atom. The highest BCUT2D eigenvalue weighted by molar-refractivity contribution is 7.07. The summed E-state index contributed by atoms with van der Waals surface area (Å²) < 4.78 is 3.73. The number of hydrogen-bond acceptors (Lipinski definition) is 5. The average molecular weight is 237 g/mol. The summed E-state index contributed by atoms with van der Waals surface area (Å²) >= 11 is 1.10. The van der Waals surface area contributed by atoms with Gasteiger partial charge in [-0.05, 0) is 25.4 Å². The molecule has 0 aliphatic rings. The minimum absolute atomic E-state index is 0.0900. The second-order valence-corrected chi connectivity index (χ2v) is 4.17. The number of amides is 1. The predicted molar refractivity (Wildman–Crippen MR) is 59.1 cm³/mol. The van der Waals surface area contributed by atoms with Crippen LogP contribution in [0.5, 0.6) is 0 Å². The van der Waals surface area contributed by atoms with Crippen molar-refractivity contribution in [2.75, 3.05) is 0 Å². The minimum atomic E-state index is -0.152. The molecule has 0 bridgehead atoms. The molecule has 6 nitrogen and oxygen atoms in total. The summed E-state index contributed by atoms with van der Waals surface area (Å²) in [5, 5.41) is 13.2. The van der Waals surface area contributed by atoms with E-state index in [1.54, 1.807) is 19.3 Å². The van der Waals surface area contributed by atoms with Gasteiger partial charge in [-0.3, -0.25) is 9.89 Å². The van der Waals surface area contributed by atoms with E-state index in [9.17, 15) is 4.79 Å². The number of carbonyl (C=O) groups is 1. The number of hydrogen-bond donors (Lipinski definition) is 2. The zero-order valence-corrected chi connectivity index (χ0v) is 9.71. The Morgan fingerprint density at radius 2 is 2.44 bits per heavy atom. The van der Waals surface area contributed by atoms with Gasteiger partial charge in [0.1, 0.15) is 4.88 Å². The van der Waals surface area contributed by atoms with Gasteiger partial charge in [0, 0.05) is 11.8 Å². The van der Waals surface area contributed by atoms with Crippen LogP contribution >= 0.6 is 11.5 Å². The third-order valence-electron chi connectivity index (χ3n) is 2.22. The smallest absolute Gasteiger partial charge is 0.265 e. The van der Waals surface area contributed by atoms with Gasteiger partial charge in [0.05, 0.1) is 17.9 Å². The van der Waals surface area contributed by atoms with Gasteiger partial charge in [0.2, 0.25) is 0 Å². The second-order valence-electron chi connectivity index (χ2n) is 3.41. The van der Waals surface area contributed by atoms with Crippen molar-refractivity contribution >= 4 is 17.4 Å². The van der Waals surface area contributed by atoms with Crippen LogP contribution in [0.25, 0.3) is 0 Å². The first-order chi connectivity index (χ1) is 7.68. The van der Waals surface area contributed by atoms with Crippen molar-refractivity contribution in [3.63, 3.8) is 0 Å². The number of aryl methyl sites for hydroxylation is 1. The molecule has 2 heterocycles. The maximum Gasteiger partial charge on any atom is 0.265 e. The summed E-state index contributed by atoms with van der Waals surface area (Å²) in [5.41, 5.74) is 1.59. The van der Waals surface area contributed by atoms with Crippen molar-refractivity contribution < 1.29 is 4.79 Å². The Morgan fingerprint density at radius 1 is 1.62 bits per heavy atom. The molecule has 0 fully saturated rings. The van der Waals surface area contributed by atoms with E-state index >= 15 is 0 Å². The molecular weight excluding hydrogens is 226 g/mol. The quantitative estimate of drug-likeness (QED) is 0.836. The normalized spacial score (nSPS) is 12.4. The van der Waals surface area contributed by atoms with E-state index in [1.807, 2.05) is 6.92 Å². The summed E-state index contributed by atoms with van der Waals surface area (Å²) in [4.78, 5) is 12.4. The predicted octanol–water partition coefficient (Wildman–Crippen LogP) is 1.06. The number of carbonyl (C=O) groups excluding carboxylic acids is 1.